The predicted octanol–water partition coefficient (Wildman–Crippen LogP) is 2.80. The second kappa shape index (κ2) is 19.4. The van der Waals surface area contributed by atoms with Crippen molar-refractivity contribution < 1.29 is 51.4 Å². The quantitative estimate of drug-likeness (QED) is 0.144. The molecule has 0 radical (unpaired) electrons. The van der Waals surface area contributed by atoms with Crippen LogP contribution in [0.25, 0.3) is 0 Å². The Balaban J connectivity index is 1.79. The van der Waals surface area contributed by atoms with Crippen molar-refractivity contribution in [3.63, 3.8) is 0 Å². The maximum atomic E-state index is 13.9. The van der Waals surface area contributed by atoms with Crippen LogP contribution in [0.2, 0.25) is 0 Å². The molecule has 0 fully saturated rings. The van der Waals surface area contributed by atoms with Crippen LogP contribution in [0.5, 0.6) is 0 Å². The Morgan fingerprint density at radius 3 is 1.85 bits per heavy atom. The summed E-state index contributed by atoms with van der Waals surface area (Å²) in [5, 5.41) is 11.0. The number of sulfone groups is 1. The van der Waals surface area contributed by atoms with Gasteiger partial charge in [0, 0.05) is 11.7 Å². The van der Waals surface area contributed by atoms with Crippen LogP contribution >= 0.6 is 0 Å². The Kier molecular flexibility index (Phi) is 15.5. The van der Waals surface area contributed by atoms with Gasteiger partial charge in [-0.25, -0.2) is 13.2 Å². The van der Waals surface area contributed by atoms with E-state index in [1.165, 1.54) is 0 Å². The van der Waals surface area contributed by atoms with E-state index in [1.54, 1.807) is 71.9 Å². The average molecular weight is 785 g/mol. The van der Waals surface area contributed by atoms with E-state index in [0.29, 0.717) is 18.4 Å². The Hall–Kier alpha value is -5.25. The van der Waals surface area contributed by atoms with E-state index < -0.39 is 93.8 Å². The summed E-state index contributed by atoms with van der Waals surface area (Å²) in [5.74, 6) is -4.32. The van der Waals surface area contributed by atoms with Crippen molar-refractivity contribution in [3.8, 4) is 0 Å². The standard InChI is InChI=1S/C39H52N4O11S/c1-38(2,3)53-32(45)21-29(17-18-55(7,50)51)41-31(44)23-40-36(48)34(28-19-26-15-11-12-16-27(26)20-28)43-35(47)30(22-33(46)54-39(4,5)6)42-37(49)52-24-25-13-9-8-10-14-25/h8-18,28-30,34H,19-24H2,1-7H3,(H,40,48)(H,41,44)(H,42,49)(H,43,47)/b18-17+/t29-,30+,34?/m1/s1. The van der Waals surface area contributed by atoms with Gasteiger partial charge in [0.2, 0.25) is 17.7 Å². The third-order valence-corrected chi connectivity index (χ3v) is 8.53. The molecule has 16 heteroatoms. The van der Waals surface area contributed by atoms with Gasteiger partial charge in [0.1, 0.15) is 29.9 Å². The molecule has 0 saturated heterocycles. The topological polar surface area (TPSA) is 212 Å². The summed E-state index contributed by atoms with van der Waals surface area (Å²) in [7, 11) is -3.61. The summed E-state index contributed by atoms with van der Waals surface area (Å²) in [5.41, 5.74) is 0.899. The fourth-order valence-corrected chi connectivity index (χ4v) is 6.12. The first-order chi connectivity index (χ1) is 25.6. The van der Waals surface area contributed by atoms with Crippen molar-refractivity contribution in [2.75, 3.05) is 12.8 Å². The lowest BCUT2D eigenvalue weighted by Crippen LogP contribution is -2.57. The van der Waals surface area contributed by atoms with Gasteiger partial charge in [-0.2, -0.15) is 0 Å². The monoisotopic (exact) mass is 784 g/mol. The maximum Gasteiger partial charge on any atom is 0.408 e. The zero-order valence-corrected chi connectivity index (χ0v) is 33.1. The molecule has 300 valence electrons. The Bertz CT molecular complexity index is 1810. The van der Waals surface area contributed by atoms with Crippen LogP contribution < -0.4 is 21.3 Å². The van der Waals surface area contributed by atoms with Gasteiger partial charge < -0.3 is 35.5 Å². The molecule has 0 spiro atoms. The van der Waals surface area contributed by atoms with Crippen molar-refractivity contribution in [2.45, 2.75) is 103 Å². The van der Waals surface area contributed by atoms with E-state index in [2.05, 4.69) is 21.3 Å². The van der Waals surface area contributed by atoms with E-state index >= 15 is 0 Å². The van der Waals surface area contributed by atoms with Crippen LogP contribution in [-0.2, 0) is 67.5 Å². The highest BCUT2D eigenvalue weighted by Gasteiger charge is 2.37. The molecule has 1 unspecified atom stereocenters. The first kappa shape index (κ1) is 44.1. The van der Waals surface area contributed by atoms with Crippen LogP contribution in [0, 0.1) is 5.92 Å². The lowest BCUT2D eigenvalue weighted by atomic mass is 9.95. The van der Waals surface area contributed by atoms with Crippen LogP contribution in [0.3, 0.4) is 0 Å². The number of alkyl carbamates (subject to hydrolysis) is 1. The number of benzene rings is 2. The molecule has 1 aliphatic carbocycles. The number of fused-ring (bicyclic) bond motifs is 1. The van der Waals surface area contributed by atoms with Crippen LogP contribution in [0.4, 0.5) is 4.79 Å². The van der Waals surface area contributed by atoms with Gasteiger partial charge in [0.05, 0.1) is 25.4 Å². The van der Waals surface area contributed by atoms with Crippen LogP contribution in [0.15, 0.2) is 66.1 Å². The minimum absolute atomic E-state index is 0.108. The molecular formula is C39H52N4O11S. The molecule has 0 bridgehead atoms. The molecule has 15 nitrogen and oxygen atoms in total. The third kappa shape index (κ3) is 16.8. The smallest absolute Gasteiger partial charge is 0.408 e. The van der Waals surface area contributed by atoms with Crippen molar-refractivity contribution in [1.29, 1.82) is 0 Å². The number of carbonyl (C=O) groups excluding carboxylic acids is 6. The minimum atomic E-state index is -3.61. The second-order valence-corrected chi connectivity index (χ2v) is 17.2. The highest BCUT2D eigenvalue weighted by molar-refractivity contribution is 7.93. The number of esters is 2. The Morgan fingerprint density at radius 2 is 1.31 bits per heavy atom. The lowest BCUT2D eigenvalue weighted by molar-refractivity contribution is -0.157. The molecular weight excluding hydrogens is 733 g/mol. The Labute approximate surface area is 322 Å². The molecule has 1 aliphatic rings. The van der Waals surface area contributed by atoms with Crippen molar-refractivity contribution >= 4 is 45.6 Å². The average Bonchev–Trinajstić information content (AvgIpc) is 3.49. The minimum Gasteiger partial charge on any atom is -0.460 e. The van der Waals surface area contributed by atoms with E-state index in [9.17, 15) is 37.2 Å². The highest BCUT2D eigenvalue weighted by atomic mass is 32.2. The fourth-order valence-electron chi connectivity index (χ4n) is 5.65. The Morgan fingerprint density at radius 1 is 0.764 bits per heavy atom. The maximum absolute atomic E-state index is 13.9. The number of amides is 4. The van der Waals surface area contributed by atoms with Crippen molar-refractivity contribution in [2.24, 2.45) is 5.92 Å². The molecule has 0 aliphatic heterocycles. The van der Waals surface area contributed by atoms with E-state index in [1.807, 2.05) is 24.3 Å². The van der Waals surface area contributed by atoms with Gasteiger partial charge in [-0.15, -0.1) is 0 Å². The number of carbonyl (C=O) groups is 6. The molecule has 0 aromatic heterocycles. The third-order valence-electron chi connectivity index (χ3n) is 7.88. The number of hydrogen-bond donors (Lipinski definition) is 4. The molecule has 4 N–H and O–H groups in total. The van der Waals surface area contributed by atoms with Crippen molar-refractivity contribution in [3.05, 3.63) is 82.8 Å². The van der Waals surface area contributed by atoms with Crippen LogP contribution in [-0.4, -0.2) is 86.3 Å². The van der Waals surface area contributed by atoms with Gasteiger partial charge in [0.25, 0.3) is 0 Å². The molecule has 0 heterocycles. The molecule has 4 amide bonds. The predicted molar refractivity (Wildman–Crippen MR) is 203 cm³/mol. The highest BCUT2D eigenvalue weighted by Crippen LogP contribution is 2.29. The van der Waals surface area contributed by atoms with E-state index in [-0.39, 0.29) is 13.0 Å². The molecule has 3 rings (SSSR count). The summed E-state index contributed by atoms with van der Waals surface area (Å²) < 4.78 is 39.6. The molecule has 2 aromatic rings. The SMILES string of the molecule is CC(C)(C)OC(=O)C[C@@H](/C=C/S(C)(=O)=O)NC(=O)CNC(=O)C(NC(=O)[C@H](CC(=O)OC(C)(C)C)NC(=O)OCc1ccccc1)C1Cc2ccccc2C1. The van der Waals surface area contributed by atoms with E-state index in [4.69, 9.17) is 14.2 Å². The molecule has 3 atom stereocenters. The molecule has 55 heavy (non-hydrogen) atoms. The molecule has 0 saturated carbocycles. The number of ether oxygens (including phenoxy) is 3. The first-order valence-corrected chi connectivity index (χ1v) is 19.8. The summed E-state index contributed by atoms with van der Waals surface area (Å²) in [4.78, 5) is 79.0. The van der Waals surface area contributed by atoms with Gasteiger partial charge in [-0.05, 0) is 77.0 Å². The van der Waals surface area contributed by atoms with Crippen LogP contribution in [0.1, 0.15) is 71.1 Å². The van der Waals surface area contributed by atoms with Gasteiger partial charge >= 0.3 is 18.0 Å². The fraction of sp³-hybridized carbons (Fsp3) is 0.487. The lowest BCUT2D eigenvalue weighted by Gasteiger charge is -2.27. The zero-order chi connectivity index (χ0) is 41.0. The zero-order valence-electron chi connectivity index (χ0n) is 32.3. The summed E-state index contributed by atoms with van der Waals surface area (Å²) in [6.07, 6.45) is 0.946. The summed E-state index contributed by atoms with van der Waals surface area (Å²) in [6.45, 7) is 9.22. The summed E-state index contributed by atoms with van der Waals surface area (Å²) in [6, 6.07) is 12.5. The van der Waals surface area contributed by atoms with E-state index in [0.717, 1.165) is 28.9 Å². The largest absolute Gasteiger partial charge is 0.460 e. The number of hydrogen-bond acceptors (Lipinski definition) is 11. The first-order valence-electron chi connectivity index (χ1n) is 17.8. The number of rotatable bonds is 16. The van der Waals surface area contributed by atoms with Crippen molar-refractivity contribution in [1.82, 2.24) is 21.3 Å². The molecule has 2 aromatic carbocycles. The second-order valence-electron chi connectivity index (χ2n) is 15.3. The normalized spacial score (nSPS) is 14.8. The summed E-state index contributed by atoms with van der Waals surface area (Å²) >= 11 is 0. The van der Waals surface area contributed by atoms with Gasteiger partial charge in [-0.1, -0.05) is 60.7 Å². The van der Waals surface area contributed by atoms with Gasteiger partial charge in [-0.3, -0.25) is 24.0 Å². The van der Waals surface area contributed by atoms with Gasteiger partial charge in [0.15, 0.2) is 9.84 Å². The number of nitrogens with one attached hydrogen (secondary N) is 4.